The molecule has 0 saturated carbocycles. The maximum atomic E-state index is 12.1. The Labute approximate surface area is 140 Å². The van der Waals surface area contributed by atoms with Gasteiger partial charge in [-0.2, -0.15) is 0 Å². The van der Waals surface area contributed by atoms with Crippen molar-refractivity contribution in [1.29, 1.82) is 0 Å². The summed E-state index contributed by atoms with van der Waals surface area (Å²) in [5.74, 6) is -0.252. The molecule has 0 aliphatic carbocycles. The maximum absolute atomic E-state index is 12.1. The molecule has 3 rings (SSSR count). The molecule has 0 unspecified atom stereocenters. The molecule has 23 heavy (non-hydrogen) atoms. The third-order valence-corrected chi connectivity index (χ3v) is 4.05. The van der Waals surface area contributed by atoms with Gasteiger partial charge in [0.05, 0.1) is 24.6 Å². The van der Waals surface area contributed by atoms with Crippen LogP contribution in [0.25, 0.3) is 10.9 Å². The summed E-state index contributed by atoms with van der Waals surface area (Å²) in [5, 5.41) is 1.19. The quantitative estimate of drug-likeness (QED) is 0.726. The number of hydrogen-bond donors (Lipinski definition) is 0. The number of ether oxygens (including phenoxy) is 1. The van der Waals surface area contributed by atoms with Crippen molar-refractivity contribution in [3.05, 3.63) is 73.0 Å². The average Bonchev–Trinajstić information content (AvgIpc) is 2.52. The molecule has 7 heteroatoms. The first-order valence-electron chi connectivity index (χ1n) is 6.65. The van der Waals surface area contributed by atoms with Gasteiger partial charge in [0, 0.05) is 10.0 Å². The van der Waals surface area contributed by atoms with Crippen molar-refractivity contribution in [1.82, 2.24) is 4.57 Å². The van der Waals surface area contributed by atoms with Crippen molar-refractivity contribution in [2.75, 3.05) is 7.11 Å². The van der Waals surface area contributed by atoms with Crippen LogP contribution < -0.4 is 16.1 Å². The number of fused-ring (bicyclic) bond motifs is 1. The largest absolute Gasteiger partial charge is 0.497 e. The van der Waals surface area contributed by atoms with E-state index >= 15 is 0 Å². The van der Waals surface area contributed by atoms with Crippen LogP contribution >= 0.6 is 23.2 Å². The van der Waals surface area contributed by atoms with Crippen LogP contribution in [-0.2, 0) is 6.54 Å². The molecule has 0 aliphatic heterocycles. The summed E-state index contributed by atoms with van der Waals surface area (Å²) in [5.41, 5.74) is 0.421. The van der Waals surface area contributed by atoms with Gasteiger partial charge in [-0.3, -0.25) is 4.57 Å². The molecule has 0 radical (unpaired) electrons. The van der Waals surface area contributed by atoms with E-state index in [2.05, 4.69) is 0 Å². The summed E-state index contributed by atoms with van der Waals surface area (Å²) in [4.78, 5) is 24.0. The SMILES string of the molecule is COc1ccc2c(c1)c(=O)oc(=O)n2Cc1ccc(Cl)cc1Cl. The lowest BCUT2D eigenvalue weighted by molar-refractivity contribution is 0.411. The second-order valence-corrected chi connectivity index (χ2v) is 5.70. The summed E-state index contributed by atoms with van der Waals surface area (Å²) in [6.07, 6.45) is 0. The van der Waals surface area contributed by atoms with Gasteiger partial charge >= 0.3 is 11.4 Å². The van der Waals surface area contributed by atoms with Gasteiger partial charge in [0.1, 0.15) is 5.75 Å². The molecule has 118 valence electrons. The normalized spacial score (nSPS) is 10.9. The monoisotopic (exact) mass is 351 g/mol. The highest BCUT2D eigenvalue weighted by atomic mass is 35.5. The molecule has 0 bridgehead atoms. The molecule has 0 spiro atoms. The summed E-state index contributed by atoms with van der Waals surface area (Å²) in [6, 6.07) is 9.82. The van der Waals surface area contributed by atoms with E-state index in [0.29, 0.717) is 26.9 Å². The molecule has 0 atom stereocenters. The predicted octanol–water partition coefficient (Wildman–Crippen LogP) is 3.32. The number of halogens is 2. The first-order valence-corrected chi connectivity index (χ1v) is 7.41. The van der Waals surface area contributed by atoms with Crippen LogP contribution in [0, 0.1) is 0 Å². The first-order chi connectivity index (χ1) is 11.0. The Kier molecular flexibility index (Phi) is 4.15. The van der Waals surface area contributed by atoms with Crippen LogP contribution in [0.1, 0.15) is 5.56 Å². The van der Waals surface area contributed by atoms with Crippen LogP contribution in [0.15, 0.2) is 50.4 Å². The number of hydrogen-bond acceptors (Lipinski definition) is 4. The van der Waals surface area contributed by atoms with E-state index in [1.165, 1.54) is 17.7 Å². The van der Waals surface area contributed by atoms with E-state index in [-0.39, 0.29) is 11.9 Å². The third-order valence-electron chi connectivity index (χ3n) is 3.46. The van der Waals surface area contributed by atoms with Crippen LogP contribution in [0.4, 0.5) is 0 Å². The predicted molar refractivity (Wildman–Crippen MR) is 88.9 cm³/mol. The molecule has 5 nitrogen and oxygen atoms in total. The van der Waals surface area contributed by atoms with Gasteiger partial charge in [-0.15, -0.1) is 0 Å². The van der Waals surface area contributed by atoms with Crippen LogP contribution in [0.5, 0.6) is 5.75 Å². The molecule has 1 heterocycles. The molecular weight excluding hydrogens is 341 g/mol. The lowest BCUT2D eigenvalue weighted by Crippen LogP contribution is -2.25. The Morgan fingerprint density at radius 3 is 2.61 bits per heavy atom. The van der Waals surface area contributed by atoms with Gasteiger partial charge in [-0.1, -0.05) is 29.3 Å². The Balaban J connectivity index is 2.21. The van der Waals surface area contributed by atoms with Crippen LogP contribution in [0.3, 0.4) is 0 Å². The fraction of sp³-hybridized carbons (Fsp3) is 0.125. The molecule has 2 aromatic carbocycles. The third kappa shape index (κ3) is 2.98. The van der Waals surface area contributed by atoms with Gasteiger partial charge in [-0.05, 0) is 35.9 Å². The standard InChI is InChI=1S/C16H11Cl2NO4/c1-22-11-4-5-14-12(7-11)15(20)23-16(21)19(14)8-9-2-3-10(17)6-13(9)18/h2-7H,8H2,1H3. The summed E-state index contributed by atoms with van der Waals surface area (Å²) < 4.78 is 11.2. The van der Waals surface area contributed by atoms with Gasteiger partial charge in [-0.25, -0.2) is 9.59 Å². The molecule has 1 aromatic heterocycles. The van der Waals surface area contributed by atoms with E-state index in [9.17, 15) is 9.59 Å². The number of methoxy groups -OCH3 is 1. The van der Waals surface area contributed by atoms with Crippen molar-refractivity contribution >= 4 is 34.1 Å². The molecule has 0 aliphatic rings. The van der Waals surface area contributed by atoms with E-state index in [1.54, 1.807) is 30.3 Å². The molecular formula is C16H11Cl2NO4. The molecule has 0 saturated heterocycles. The number of aromatic nitrogens is 1. The Morgan fingerprint density at radius 1 is 1.13 bits per heavy atom. The highest BCUT2D eigenvalue weighted by molar-refractivity contribution is 6.35. The fourth-order valence-electron chi connectivity index (χ4n) is 2.30. The highest BCUT2D eigenvalue weighted by Gasteiger charge is 2.12. The zero-order valence-electron chi connectivity index (χ0n) is 12.0. The van der Waals surface area contributed by atoms with Crippen LogP contribution in [-0.4, -0.2) is 11.7 Å². The number of rotatable bonds is 3. The number of nitrogens with zero attached hydrogens (tertiary/aromatic N) is 1. The lowest BCUT2D eigenvalue weighted by atomic mass is 10.2. The summed E-state index contributed by atoms with van der Waals surface area (Å²) in [6.45, 7) is 0.154. The number of benzene rings is 2. The van der Waals surface area contributed by atoms with Crippen molar-refractivity contribution in [3.8, 4) is 5.75 Å². The Morgan fingerprint density at radius 2 is 1.91 bits per heavy atom. The molecule has 3 aromatic rings. The second-order valence-electron chi connectivity index (χ2n) is 4.86. The average molecular weight is 352 g/mol. The summed E-state index contributed by atoms with van der Waals surface area (Å²) in [7, 11) is 1.49. The second kappa shape index (κ2) is 6.10. The van der Waals surface area contributed by atoms with Gasteiger partial charge in [0.15, 0.2) is 0 Å². The first kappa shape index (κ1) is 15.6. The molecule has 0 fully saturated rings. The van der Waals surface area contributed by atoms with Crippen molar-refractivity contribution in [2.45, 2.75) is 6.54 Å². The maximum Gasteiger partial charge on any atom is 0.422 e. The highest BCUT2D eigenvalue weighted by Crippen LogP contribution is 2.23. The van der Waals surface area contributed by atoms with E-state index in [0.717, 1.165) is 0 Å². The van der Waals surface area contributed by atoms with Gasteiger partial charge in [0.2, 0.25) is 0 Å². The topological polar surface area (TPSA) is 61.4 Å². The fourth-order valence-corrected chi connectivity index (χ4v) is 2.77. The Bertz CT molecular complexity index is 1010. The van der Waals surface area contributed by atoms with Gasteiger partial charge in [0.25, 0.3) is 0 Å². The van der Waals surface area contributed by atoms with Crippen molar-refractivity contribution in [2.24, 2.45) is 0 Å². The van der Waals surface area contributed by atoms with E-state index < -0.39 is 11.4 Å². The van der Waals surface area contributed by atoms with Crippen LogP contribution in [0.2, 0.25) is 10.0 Å². The lowest BCUT2D eigenvalue weighted by Gasteiger charge is -2.11. The zero-order valence-corrected chi connectivity index (χ0v) is 13.5. The van der Waals surface area contributed by atoms with Crippen molar-refractivity contribution in [3.63, 3.8) is 0 Å². The minimum absolute atomic E-state index is 0.154. The minimum Gasteiger partial charge on any atom is -0.497 e. The molecule has 0 N–H and O–H groups in total. The minimum atomic E-state index is -0.751. The molecule has 0 amide bonds. The van der Waals surface area contributed by atoms with E-state index in [1.807, 2.05) is 0 Å². The van der Waals surface area contributed by atoms with E-state index in [4.69, 9.17) is 32.4 Å². The van der Waals surface area contributed by atoms with Gasteiger partial charge < -0.3 is 9.15 Å². The van der Waals surface area contributed by atoms with Crippen molar-refractivity contribution < 1.29 is 9.15 Å². The Hall–Kier alpha value is -2.24. The summed E-state index contributed by atoms with van der Waals surface area (Å²) >= 11 is 12.0. The zero-order chi connectivity index (χ0) is 16.6. The smallest absolute Gasteiger partial charge is 0.422 e.